The first-order chi connectivity index (χ1) is 8.77. The van der Waals surface area contributed by atoms with Gasteiger partial charge in [0, 0.05) is 17.1 Å². The number of hydrogen-bond donors (Lipinski definition) is 2. The third kappa shape index (κ3) is 5.38. The van der Waals surface area contributed by atoms with Crippen LogP contribution in [-0.2, 0) is 4.79 Å². The number of carbonyl (C=O) groups is 1. The zero-order valence-corrected chi connectivity index (χ0v) is 11.6. The lowest BCUT2D eigenvalue weighted by molar-refractivity contribution is -0.116. The van der Waals surface area contributed by atoms with E-state index in [9.17, 15) is 4.79 Å². The zero-order chi connectivity index (χ0) is 13.2. The molecule has 0 saturated carbocycles. The van der Waals surface area contributed by atoms with Crippen molar-refractivity contribution in [2.24, 2.45) is 0 Å². The summed E-state index contributed by atoms with van der Waals surface area (Å²) < 4.78 is 0. The molecule has 0 heterocycles. The van der Waals surface area contributed by atoms with Gasteiger partial charge in [-0.05, 0) is 32.1 Å². The Hall–Kier alpha value is -1.26. The summed E-state index contributed by atoms with van der Waals surface area (Å²) >= 11 is 1.67. The standard InChI is InChI=1S/C14H20N2OS/c1-3-11-18-13-8-5-4-7-12(13)16-14(17)9-6-10-15-2/h3-5,7-8,15H,1,6,9-11H2,2H3,(H,16,17). The van der Waals surface area contributed by atoms with Gasteiger partial charge in [0.15, 0.2) is 0 Å². The Labute approximate surface area is 113 Å². The predicted molar refractivity (Wildman–Crippen MR) is 79.2 cm³/mol. The van der Waals surface area contributed by atoms with Crippen LogP contribution in [0.1, 0.15) is 12.8 Å². The minimum atomic E-state index is 0.0666. The third-order valence-electron chi connectivity index (χ3n) is 2.35. The highest BCUT2D eigenvalue weighted by Crippen LogP contribution is 2.26. The Bertz CT molecular complexity index is 393. The summed E-state index contributed by atoms with van der Waals surface area (Å²) in [4.78, 5) is 12.8. The number of thioether (sulfide) groups is 1. The number of para-hydroxylation sites is 1. The van der Waals surface area contributed by atoms with Crippen LogP contribution in [0.5, 0.6) is 0 Å². The maximum atomic E-state index is 11.7. The molecule has 0 radical (unpaired) electrons. The van der Waals surface area contributed by atoms with Gasteiger partial charge in [-0.25, -0.2) is 0 Å². The highest BCUT2D eigenvalue weighted by atomic mass is 32.2. The number of anilines is 1. The largest absolute Gasteiger partial charge is 0.325 e. The molecule has 0 aromatic heterocycles. The van der Waals surface area contributed by atoms with E-state index in [4.69, 9.17) is 0 Å². The van der Waals surface area contributed by atoms with Gasteiger partial charge in [-0.1, -0.05) is 18.2 Å². The monoisotopic (exact) mass is 264 g/mol. The lowest BCUT2D eigenvalue weighted by Gasteiger charge is -2.09. The van der Waals surface area contributed by atoms with Crippen molar-refractivity contribution in [3.05, 3.63) is 36.9 Å². The molecule has 0 aliphatic heterocycles. The van der Waals surface area contributed by atoms with Crippen LogP contribution < -0.4 is 10.6 Å². The summed E-state index contributed by atoms with van der Waals surface area (Å²) in [5.41, 5.74) is 0.888. The Balaban J connectivity index is 2.54. The lowest BCUT2D eigenvalue weighted by Crippen LogP contribution is -2.15. The summed E-state index contributed by atoms with van der Waals surface area (Å²) in [5.74, 6) is 0.906. The van der Waals surface area contributed by atoms with E-state index in [-0.39, 0.29) is 5.91 Å². The molecule has 1 amide bonds. The maximum Gasteiger partial charge on any atom is 0.224 e. The lowest BCUT2D eigenvalue weighted by atomic mass is 10.2. The zero-order valence-electron chi connectivity index (χ0n) is 10.7. The van der Waals surface area contributed by atoms with Crippen molar-refractivity contribution in [3.63, 3.8) is 0 Å². The van der Waals surface area contributed by atoms with Crippen LogP contribution >= 0.6 is 11.8 Å². The van der Waals surface area contributed by atoms with Gasteiger partial charge in [0.25, 0.3) is 0 Å². The number of rotatable bonds is 8. The van der Waals surface area contributed by atoms with Gasteiger partial charge in [0.2, 0.25) is 5.91 Å². The SMILES string of the molecule is C=CCSc1ccccc1NC(=O)CCCNC. The van der Waals surface area contributed by atoms with E-state index in [2.05, 4.69) is 17.2 Å². The van der Waals surface area contributed by atoms with Crippen molar-refractivity contribution in [1.82, 2.24) is 5.32 Å². The van der Waals surface area contributed by atoms with Gasteiger partial charge in [-0.15, -0.1) is 18.3 Å². The Morgan fingerprint density at radius 1 is 1.44 bits per heavy atom. The van der Waals surface area contributed by atoms with E-state index >= 15 is 0 Å². The fourth-order valence-electron chi connectivity index (χ4n) is 1.48. The van der Waals surface area contributed by atoms with E-state index in [1.165, 1.54) is 0 Å². The number of hydrogen-bond acceptors (Lipinski definition) is 3. The average Bonchev–Trinajstić information content (AvgIpc) is 2.38. The van der Waals surface area contributed by atoms with Crippen LogP contribution in [0.25, 0.3) is 0 Å². The van der Waals surface area contributed by atoms with Crippen LogP contribution in [0.4, 0.5) is 5.69 Å². The molecule has 2 N–H and O–H groups in total. The van der Waals surface area contributed by atoms with Crippen LogP contribution in [0, 0.1) is 0 Å². The molecule has 0 spiro atoms. The van der Waals surface area contributed by atoms with Crippen molar-refractivity contribution in [2.75, 3.05) is 24.7 Å². The van der Waals surface area contributed by atoms with Crippen LogP contribution in [0.15, 0.2) is 41.8 Å². The van der Waals surface area contributed by atoms with E-state index in [1.54, 1.807) is 11.8 Å². The second-order valence-corrected chi connectivity index (χ2v) is 4.91. The second-order valence-electron chi connectivity index (χ2n) is 3.85. The molecular weight excluding hydrogens is 244 g/mol. The normalized spacial score (nSPS) is 10.1. The molecule has 4 heteroatoms. The Morgan fingerprint density at radius 2 is 2.22 bits per heavy atom. The van der Waals surface area contributed by atoms with E-state index in [0.717, 1.165) is 29.3 Å². The molecule has 0 atom stereocenters. The quantitative estimate of drug-likeness (QED) is 0.431. The minimum absolute atomic E-state index is 0.0666. The summed E-state index contributed by atoms with van der Waals surface area (Å²) in [6.07, 6.45) is 3.25. The molecule has 0 unspecified atom stereocenters. The highest BCUT2D eigenvalue weighted by Gasteiger charge is 2.06. The minimum Gasteiger partial charge on any atom is -0.325 e. The molecule has 0 bridgehead atoms. The van der Waals surface area contributed by atoms with Gasteiger partial charge >= 0.3 is 0 Å². The van der Waals surface area contributed by atoms with Gasteiger partial charge in [-0.2, -0.15) is 0 Å². The van der Waals surface area contributed by atoms with Crippen LogP contribution in [0.3, 0.4) is 0 Å². The van der Waals surface area contributed by atoms with Crippen molar-refractivity contribution in [2.45, 2.75) is 17.7 Å². The molecule has 98 valence electrons. The van der Waals surface area contributed by atoms with Crippen molar-refractivity contribution in [1.29, 1.82) is 0 Å². The van der Waals surface area contributed by atoms with Crippen molar-refractivity contribution in [3.8, 4) is 0 Å². The summed E-state index contributed by atoms with van der Waals surface area (Å²) in [5, 5.41) is 5.99. The first-order valence-corrected chi connectivity index (χ1v) is 7.03. The molecule has 0 aliphatic rings. The van der Waals surface area contributed by atoms with Crippen molar-refractivity contribution < 1.29 is 4.79 Å². The van der Waals surface area contributed by atoms with Crippen LogP contribution in [0.2, 0.25) is 0 Å². The molecule has 1 aromatic carbocycles. The second kappa shape index (κ2) is 8.78. The molecule has 0 saturated heterocycles. The van der Waals surface area contributed by atoms with E-state index < -0.39 is 0 Å². The number of nitrogens with one attached hydrogen (secondary N) is 2. The predicted octanol–water partition coefficient (Wildman–Crippen LogP) is 2.90. The molecule has 3 nitrogen and oxygen atoms in total. The first kappa shape index (κ1) is 14.8. The van der Waals surface area contributed by atoms with Gasteiger partial charge in [-0.3, -0.25) is 4.79 Å². The molecule has 1 rings (SSSR count). The smallest absolute Gasteiger partial charge is 0.224 e. The fraction of sp³-hybridized carbons (Fsp3) is 0.357. The van der Waals surface area contributed by atoms with Crippen molar-refractivity contribution >= 4 is 23.4 Å². The molecular formula is C14H20N2OS. The van der Waals surface area contributed by atoms with Gasteiger partial charge < -0.3 is 10.6 Å². The van der Waals surface area contributed by atoms with Gasteiger partial charge in [0.05, 0.1) is 5.69 Å². The fourth-order valence-corrected chi connectivity index (χ4v) is 2.23. The average molecular weight is 264 g/mol. The van der Waals surface area contributed by atoms with E-state index in [1.807, 2.05) is 37.4 Å². The molecule has 1 aromatic rings. The highest BCUT2D eigenvalue weighted by molar-refractivity contribution is 7.99. The van der Waals surface area contributed by atoms with Crippen LogP contribution in [-0.4, -0.2) is 25.3 Å². The number of benzene rings is 1. The summed E-state index contributed by atoms with van der Waals surface area (Å²) in [7, 11) is 1.89. The molecule has 18 heavy (non-hydrogen) atoms. The first-order valence-electron chi connectivity index (χ1n) is 6.05. The molecule has 0 fully saturated rings. The summed E-state index contributed by atoms with van der Waals surface area (Å²) in [6.45, 7) is 4.56. The molecule has 0 aliphatic carbocycles. The Kier molecular flexibility index (Phi) is 7.22. The van der Waals surface area contributed by atoms with Gasteiger partial charge in [0.1, 0.15) is 0 Å². The maximum absolute atomic E-state index is 11.7. The third-order valence-corrected chi connectivity index (χ3v) is 3.42. The van der Waals surface area contributed by atoms with E-state index in [0.29, 0.717) is 6.42 Å². The number of carbonyl (C=O) groups excluding carboxylic acids is 1. The topological polar surface area (TPSA) is 41.1 Å². The Morgan fingerprint density at radius 3 is 2.94 bits per heavy atom. The summed E-state index contributed by atoms with van der Waals surface area (Å²) in [6, 6.07) is 7.85. The number of amides is 1.